The van der Waals surface area contributed by atoms with E-state index in [2.05, 4.69) is 27.7 Å². The Morgan fingerprint density at radius 2 is 2.24 bits per heavy atom. The molecule has 120 valence electrons. The molecule has 1 saturated carbocycles. The number of hydrogen-bond acceptors (Lipinski definition) is 4. The van der Waals surface area contributed by atoms with Crippen LogP contribution in [0.1, 0.15) is 39.0 Å². The molecule has 1 heterocycles. The van der Waals surface area contributed by atoms with Crippen molar-refractivity contribution in [2.75, 3.05) is 39.4 Å². The quantitative estimate of drug-likeness (QED) is 0.460. The Bertz CT molecular complexity index is 356. The van der Waals surface area contributed by atoms with Gasteiger partial charge in [0, 0.05) is 25.3 Å². The van der Waals surface area contributed by atoms with E-state index >= 15 is 0 Å². The summed E-state index contributed by atoms with van der Waals surface area (Å²) in [6, 6.07) is 0. The molecule has 0 amide bonds. The molecule has 2 fully saturated rings. The van der Waals surface area contributed by atoms with E-state index in [0.717, 1.165) is 64.6 Å². The Labute approximate surface area is 133 Å². The van der Waals surface area contributed by atoms with E-state index in [1.807, 2.05) is 0 Å². The second-order valence-corrected chi connectivity index (χ2v) is 6.46. The monoisotopic (exact) mass is 312 g/mol. The van der Waals surface area contributed by atoms with Gasteiger partial charge in [-0.25, -0.2) is 0 Å². The third kappa shape index (κ3) is 6.72. The van der Waals surface area contributed by atoms with Crippen molar-refractivity contribution < 1.29 is 4.74 Å². The van der Waals surface area contributed by atoms with Gasteiger partial charge in [-0.1, -0.05) is 6.92 Å². The van der Waals surface area contributed by atoms with Gasteiger partial charge in [-0.05, 0) is 56.8 Å². The Hall–Kier alpha value is -0.720. The molecule has 1 aliphatic carbocycles. The van der Waals surface area contributed by atoms with Crippen molar-refractivity contribution in [1.29, 1.82) is 0 Å². The van der Waals surface area contributed by atoms with Crippen LogP contribution >= 0.6 is 12.2 Å². The molecule has 5 nitrogen and oxygen atoms in total. The summed E-state index contributed by atoms with van der Waals surface area (Å²) >= 11 is 5.26. The second-order valence-electron chi connectivity index (χ2n) is 6.05. The molecule has 21 heavy (non-hydrogen) atoms. The highest BCUT2D eigenvalue weighted by Gasteiger charge is 2.14. The first-order valence-electron chi connectivity index (χ1n) is 8.13. The number of morpholine rings is 1. The first kappa shape index (κ1) is 16.6. The van der Waals surface area contributed by atoms with E-state index in [1.165, 1.54) is 18.6 Å². The molecular formula is C15H28N4OS. The minimum atomic E-state index is 0.641. The summed E-state index contributed by atoms with van der Waals surface area (Å²) in [4.78, 5) is 2.44. The van der Waals surface area contributed by atoms with Crippen LogP contribution in [-0.2, 0) is 4.74 Å². The summed E-state index contributed by atoms with van der Waals surface area (Å²) in [6.07, 6.45) is 5.88. The number of nitrogens with one attached hydrogen (secondary N) is 2. The lowest BCUT2D eigenvalue weighted by Crippen LogP contribution is -2.39. The van der Waals surface area contributed by atoms with Gasteiger partial charge >= 0.3 is 0 Å². The topological polar surface area (TPSA) is 48.9 Å². The molecule has 0 spiro atoms. The van der Waals surface area contributed by atoms with Gasteiger partial charge in [0.05, 0.1) is 13.2 Å². The van der Waals surface area contributed by atoms with Crippen LogP contribution in [0.5, 0.6) is 0 Å². The van der Waals surface area contributed by atoms with Crippen LogP contribution in [-0.4, -0.2) is 55.1 Å². The number of ether oxygens (including phenoxy) is 1. The fourth-order valence-corrected chi connectivity index (χ4v) is 3.01. The number of thiocarbonyl (C=S) groups is 1. The molecule has 0 aromatic carbocycles. The Kier molecular flexibility index (Phi) is 7.39. The summed E-state index contributed by atoms with van der Waals surface area (Å²) in [6.45, 7) is 8.11. The van der Waals surface area contributed by atoms with Crippen molar-refractivity contribution in [3.8, 4) is 0 Å². The zero-order valence-corrected chi connectivity index (χ0v) is 13.9. The number of hydrazone groups is 1. The molecular weight excluding hydrogens is 284 g/mol. The SMILES string of the molecule is C[C@@H]1CCC/C(=N/NC(=S)NCCCN2CCOCC2)C1. The minimum absolute atomic E-state index is 0.641. The first-order valence-corrected chi connectivity index (χ1v) is 8.54. The summed E-state index contributed by atoms with van der Waals surface area (Å²) in [5.41, 5.74) is 4.24. The van der Waals surface area contributed by atoms with Crippen molar-refractivity contribution >= 4 is 23.0 Å². The van der Waals surface area contributed by atoms with Crippen LogP contribution in [0, 0.1) is 5.92 Å². The predicted molar refractivity (Wildman–Crippen MR) is 90.7 cm³/mol. The van der Waals surface area contributed by atoms with Crippen molar-refractivity contribution in [2.45, 2.75) is 39.0 Å². The molecule has 2 N–H and O–H groups in total. The van der Waals surface area contributed by atoms with Gasteiger partial charge in [0.1, 0.15) is 0 Å². The molecule has 1 aliphatic heterocycles. The third-order valence-electron chi connectivity index (χ3n) is 4.10. The van der Waals surface area contributed by atoms with Gasteiger partial charge < -0.3 is 10.1 Å². The fraction of sp³-hybridized carbons (Fsp3) is 0.867. The number of hydrogen-bond donors (Lipinski definition) is 2. The summed E-state index contributed by atoms with van der Waals surface area (Å²) in [5.74, 6) is 0.759. The third-order valence-corrected chi connectivity index (χ3v) is 4.34. The van der Waals surface area contributed by atoms with Crippen LogP contribution in [0.2, 0.25) is 0 Å². The van der Waals surface area contributed by atoms with E-state index in [4.69, 9.17) is 17.0 Å². The molecule has 0 aromatic rings. The maximum atomic E-state index is 5.34. The Balaban J connectivity index is 1.53. The maximum Gasteiger partial charge on any atom is 0.186 e. The molecule has 2 aliphatic rings. The van der Waals surface area contributed by atoms with E-state index < -0.39 is 0 Å². The fourth-order valence-electron chi connectivity index (χ4n) is 2.86. The van der Waals surface area contributed by atoms with Gasteiger partial charge in [0.25, 0.3) is 0 Å². The number of rotatable bonds is 5. The van der Waals surface area contributed by atoms with E-state index in [1.54, 1.807) is 0 Å². The van der Waals surface area contributed by atoms with E-state index in [9.17, 15) is 0 Å². The van der Waals surface area contributed by atoms with Gasteiger partial charge in [-0.15, -0.1) is 0 Å². The van der Waals surface area contributed by atoms with E-state index in [0.29, 0.717) is 5.11 Å². The zero-order chi connectivity index (χ0) is 14.9. The largest absolute Gasteiger partial charge is 0.379 e. The summed E-state index contributed by atoms with van der Waals surface area (Å²) in [5, 5.41) is 8.31. The Morgan fingerprint density at radius 3 is 3.00 bits per heavy atom. The van der Waals surface area contributed by atoms with Gasteiger partial charge in [-0.3, -0.25) is 10.3 Å². The molecule has 2 rings (SSSR count). The number of nitrogens with zero attached hydrogens (tertiary/aromatic N) is 2. The highest BCUT2D eigenvalue weighted by Crippen LogP contribution is 2.20. The predicted octanol–water partition coefficient (Wildman–Crippen LogP) is 1.74. The van der Waals surface area contributed by atoms with Crippen LogP contribution in [0.15, 0.2) is 5.10 Å². The van der Waals surface area contributed by atoms with Crippen LogP contribution in [0.3, 0.4) is 0 Å². The highest BCUT2D eigenvalue weighted by molar-refractivity contribution is 7.80. The van der Waals surface area contributed by atoms with Crippen molar-refractivity contribution in [3.63, 3.8) is 0 Å². The second kappa shape index (κ2) is 9.33. The summed E-state index contributed by atoms with van der Waals surface area (Å²) in [7, 11) is 0. The average Bonchev–Trinajstić information content (AvgIpc) is 2.51. The minimum Gasteiger partial charge on any atom is -0.379 e. The highest BCUT2D eigenvalue weighted by atomic mass is 32.1. The molecule has 0 aromatic heterocycles. The normalized spacial score (nSPS) is 25.8. The van der Waals surface area contributed by atoms with Gasteiger partial charge in [-0.2, -0.15) is 5.10 Å². The summed E-state index contributed by atoms with van der Waals surface area (Å²) < 4.78 is 5.34. The molecule has 1 atom stereocenters. The van der Waals surface area contributed by atoms with Crippen molar-refractivity contribution in [1.82, 2.24) is 15.6 Å². The maximum absolute atomic E-state index is 5.34. The first-order chi connectivity index (χ1) is 10.2. The Morgan fingerprint density at radius 1 is 1.43 bits per heavy atom. The van der Waals surface area contributed by atoms with Gasteiger partial charge in [0.2, 0.25) is 0 Å². The lowest BCUT2D eigenvalue weighted by molar-refractivity contribution is 0.0376. The van der Waals surface area contributed by atoms with Crippen LogP contribution < -0.4 is 10.7 Å². The van der Waals surface area contributed by atoms with E-state index in [-0.39, 0.29) is 0 Å². The average molecular weight is 312 g/mol. The molecule has 0 radical (unpaired) electrons. The molecule has 1 saturated heterocycles. The zero-order valence-electron chi connectivity index (χ0n) is 13.1. The molecule has 6 heteroatoms. The van der Waals surface area contributed by atoms with Crippen molar-refractivity contribution in [2.24, 2.45) is 11.0 Å². The molecule has 0 unspecified atom stereocenters. The van der Waals surface area contributed by atoms with Crippen molar-refractivity contribution in [3.05, 3.63) is 0 Å². The lowest BCUT2D eigenvalue weighted by Gasteiger charge is -2.26. The van der Waals surface area contributed by atoms with Gasteiger partial charge in [0.15, 0.2) is 5.11 Å². The van der Waals surface area contributed by atoms with Crippen LogP contribution in [0.4, 0.5) is 0 Å². The standard InChI is InChI=1S/C15H28N4OS/c1-13-4-2-5-14(12-13)17-18-15(21)16-6-3-7-19-8-10-20-11-9-19/h13H,2-12H2,1H3,(H2,16,18,21)/b17-14-/t13-/m1/s1. The lowest BCUT2D eigenvalue weighted by atomic mass is 9.89. The molecule has 0 bridgehead atoms. The smallest absolute Gasteiger partial charge is 0.186 e. The van der Waals surface area contributed by atoms with Crippen LogP contribution in [0.25, 0.3) is 0 Å².